The number of methoxy groups -OCH3 is 1. The smallest absolute Gasteiger partial charge is 0.326 e. The molecule has 1 aromatic heterocycles. The Morgan fingerprint density at radius 2 is 1.92 bits per heavy atom. The van der Waals surface area contributed by atoms with Gasteiger partial charge in [0.2, 0.25) is 0 Å². The summed E-state index contributed by atoms with van der Waals surface area (Å²) < 4.78 is 7.36. The molecular weight excluding hydrogens is 332 g/mol. The quantitative estimate of drug-likeness (QED) is 0.795. The largest absolute Gasteiger partial charge is 0.495 e. The molecule has 0 spiro atoms. The van der Waals surface area contributed by atoms with Crippen LogP contribution in [0.5, 0.6) is 5.75 Å². The first kappa shape index (κ1) is 19.6. The molecule has 1 heterocycles. The summed E-state index contributed by atoms with van der Waals surface area (Å²) in [6.07, 6.45) is 0.664. The Kier molecular flexibility index (Phi) is 6.08. The van der Waals surface area contributed by atoms with Gasteiger partial charge in [-0.3, -0.25) is 4.79 Å². The van der Waals surface area contributed by atoms with Gasteiger partial charge < -0.3 is 19.7 Å². The number of para-hydroxylation sites is 2. The van der Waals surface area contributed by atoms with E-state index >= 15 is 0 Å². The molecule has 0 saturated heterocycles. The molecule has 0 radical (unpaired) electrons. The second-order valence-electron chi connectivity index (χ2n) is 6.47. The number of aromatic nitrogens is 1. The predicted molar refractivity (Wildman–Crippen MR) is 100 cm³/mol. The minimum absolute atomic E-state index is 0.158. The van der Waals surface area contributed by atoms with E-state index in [1.54, 1.807) is 13.2 Å². The van der Waals surface area contributed by atoms with E-state index in [2.05, 4.69) is 5.32 Å². The second kappa shape index (κ2) is 8.08. The van der Waals surface area contributed by atoms with Crippen LogP contribution < -0.4 is 10.1 Å². The maximum atomic E-state index is 12.7. The van der Waals surface area contributed by atoms with Gasteiger partial charge in [0.1, 0.15) is 11.8 Å². The molecule has 1 aromatic carbocycles. The number of nitrogens with one attached hydrogen (secondary N) is 1. The van der Waals surface area contributed by atoms with Crippen LogP contribution in [0.15, 0.2) is 30.3 Å². The maximum Gasteiger partial charge on any atom is 0.326 e. The van der Waals surface area contributed by atoms with Crippen molar-refractivity contribution in [3.05, 3.63) is 47.3 Å². The van der Waals surface area contributed by atoms with Crippen LogP contribution >= 0.6 is 0 Å². The molecule has 6 heteroatoms. The highest BCUT2D eigenvalue weighted by atomic mass is 16.5. The van der Waals surface area contributed by atoms with Crippen LogP contribution in [0.1, 0.15) is 42.0 Å². The van der Waals surface area contributed by atoms with Crippen LogP contribution in [0, 0.1) is 19.8 Å². The van der Waals surface area contributed by atoms with Gasteiger partial charge >= 0.3 is 5.97 Å². The van der Waals surface area contributed by atoms with E-state index in [0.29, 0.717) is 17.7 Å². The normalized spacial score (nSPS) is 13.1. The average molecular weight is 358 g/mol. The first-order valence-corrected chi connectivity index (χ1v) is 8.67. The fourth-order valence-electron chi connectivity index (χ4n) is 3.08. The third-order valence-electron chi connectivity index (χ3n) is 4.77. The third kappa shape index (κ3) is 3.74. The van der Waals surface area contributed by atoms with Crippen LogP contribution in [0.3, 0.4) is 0 Å². The topological polar surface area (TPSA) is 80.6 Å². The Bertz CT molecular complexity index is 810. The molecule has 0 saturated carbocycles. The summed E-state index contributed by atoms with van der Waals surface area (Å²) in [6, 6.07) is 8.42. The second-order valence-corrected chi connectivity index (χ2v) is 6.47. The summed E-state index contributed by atoms with van der Waals surface area (Å²) in [6.45, 7) is 7.46. The minimum Gasteiger partial charge on any atom is -0.495 e. The van der Waals surface area contributed by atoms with Gasteiger partial charge in [0.05, 0.1) is 18.4 Å². The number of carbonyl (C=O) groups excluding carboxylic acids is 1. The molecule has 2 N–H and O–H groups in total. The number of hydrogen-bond acceptors (Lipinski definition) is 3. The number of aliphatic carboxylic acids is 1. The van der Waals surface area contributed by atoms with E-state index < -0.39 is 12.0 Å². The zero-order chi connectivity index (χ0) is 19.4. The lowest BCUT2D eigenvalue weighted by Crippen LogP contribution is -2.45. The number of amides is 1. The number of hydrogen-bond donors (Lipinski definition) is 2. The summed E-state index contributed by atoms with van der Waals surface area (Å²) in [4.78, 5) is 24.2. The Hall–Kier alpha value is -2.76. The van der Waals surface area contributed by atoms with Crippen LogP contribution in [0.2, 0.25) is 0 Å². The average Bonchev–Trinajstić information content (AvgIpc) is 2.92. The summed E-state index contributed by atoms with van der Waals surface area (Å²) in [5, 5.41) is 12.1. The standard InChI is InChI=1S/C20H26N2O4/c1-6-12(2)18(20(24)25)21-19(23)15-11-13(3)22(14(15)4)16-9-7-8-10-17(16)26-5/h7-12,18H,6H2,1-5H3,(H,21,23)(H,24,25). The van der Waals surface area contributed by atoms with Crippen LogP contribution in [0.25, 0.3) is 5.69 Å². The number of rotatable bonds is 7. The van der Waals surface area contributed by atoms with Gasteiger partial charge in [0, 0.05) is 11.4 Å². The highest BCUT2D eigenvalue weighted by Crippen LogP contribution is 2.28. The van der Waals surface area contributed by atoms with E-state index in [1.807, 2.05) is 56.5 Å². The maximum absolute atomic E-state index is 12.7. The van der Waals surface area contributed by atoms with Crippen LogP contribution in [-0.2, 0) is 4.79 Å². The van der Waals surface area contributed by atoms with Crippen molar-refractivity contribution < 1.29 is 19.4 Å². The van der Waals surface area contributed by atoms with Gasteiger partial charge in [-0.25, -0.2) is 4.79 Å². The molecule has 1 amide bonds. The molecule has 0 fully saturated rings. The third-order valence-corrected chi connectivity index (χ3v) is 4.77. The molecule has 26 heavy (non-hydrogen) atoms. The minimum atomic E-state index is -1.02. The van der Waals surface area contributed by atoms with Crippen molar-refractivity contribution in [1.29, 1.82) is 0 Å². The molecule has 2 atom stereocenters. The predicted octanol–water partition coefficient (Wildman–Crippen LogP) is 3.33. The van der Waals surface area contributed by atoms with Gasteiger partial charge in [0.15, 0.2) is 0 Å². The van der Waals surface area contributed by atoms with Gasteiger partial charge in [0.25, 0.3) is 5.91 Å². The van der Waals surface area contributed by atoms with Crippen LogP contribution in [-0.4, -0.2) is 34.7 Å². The first-order valence-electron chi connectivity index (χ1n) is 8.67. The van der Waals surface area contributed by atoms with Gasteiger partial charge in [-0.15, -0.1) is 0 Å². The zero-order valence-electron chi connectivity index (χ0n) is 15.9. The number of nitrogens with zero attached hydrogens (tertiary/aromatic N) is 1. The molecule has 2 rings (SSSR count). The van der Waals surface area contributed by atoms with Crippen molar-refractivity contribution in [3.63, 3.8) is 0 Å². The molecule has 0 aliphatic rings. The Morgan fingerprint density at radius 1 is 1.27 bits per heavy atom. The van der Waals surface area contributed by atoms with Crippen molar-refractivity contribution in [2.75, 3.05) is 7.11 Å². The highest BCUT2D eigenvalue weighted by molar-refractivity contribution is 5.98. The van der Waals surface area contributed by atoms with Gasteiger partial charge in [-0.05, 0) is 38.0 Å². The fourth-order valence-corrected chi connectivity index (χ4v) is 3.08. The molecule has 2 unspecified atom stereocenters. The van der Waals surface area contributed by atoms with Crippen molar-refractivity contribution >= 4 is 11.9 Å². The van der Waals surface area contributed by atoms with E-state index in [9.17, 15) is 14.7 Å². The SMILES string of the molecule is CCC(C)C(NC(=O)c1cc(C)n(-c2ccccc2OC)c1C)C(=O)O. The van der Waals surface area contributed by atoms with E-state index in [4.69, 9.17) is 4.74 Å². The number of benzene rings is 1. The molecule has 140 valence electrons. The van der Waals surface area contributed by atoms with Crippen molar-refractivity contribution in [2.45, 2.75) is 40.2 Å². The van der Waals surface area contributed by atoms with E-state index in [-0.39, 0.29) is 11.8 Å². The summed E-state index contributed by atoms with van der Waals surface area (Å²) in [7, 11) is 1.60. The first-order chi connectivity index (χ1) is 12.3. The Labute approximate surface area is 153 Å². The number of ether oxygens (including phenoxy) is 1. The van der Waals surface area contributed by atoms with Crippen LogP contribution in [0.4, 0.5) is 0 Å². The lowest BCUT2D eigenvalue weighted by molar-refractivity contribution is -0.140. The molecule has 6 nitrogen and oxygen atoms in total. The molecule has 0 aliphatic heterocycles. The number of carbonyl (C=O) groups is 2. The zero-order valence-corrected chi connectivity index (χ0v) is 15.9. The molecule has 0 bridgehead atoms. The molecule has 2 aromatic rings. The fraction of sp³-hybridized carbons (Fsp3) is 0.400. The highest BCUT2D eigenvalue weighted by Gasteiger charge is 2.27. The van der Waals surface area contributed by atoms with Crippen molar-refractivity contribution in [1.82, 2.24) is 9.88 Å². The summed E-state index contributed by atoms with van der Waals surface area (Å²) in [5.74, 6) is -0.864. The van der Waals surface area contributed by atoms with Gasteiger partial charge in [-0.2, -0.15) is 0 Å². The lowest BCUT2D eigenvalue weighted by atomic mass is 9.99. The summed E-state index contributed by atoms with van der Waals surface area (Å²) >= 11 is 0. The number of carboxylic acid groups (broad SMARTS) is 1. The van der Waals surface area contributed by atoms with Crippen molar-refractivity contribution in [3.8, 4) is 11.4 Å². The number of carboxylic acids is 1. The summed E-state index contributed by atoms with van der Waals surface area (Å²) in [5.41, 5.74) is 2.90. The monoisotopic (exact) mass is 358 g/mol. The number of aryl methyl sites for hydroxylation is 1. The molecular formula is C20H26N2O4. The Balaban J connectivity index is 2.41. The lowest BCUT2D eigenvalue weighted by Gasteiger charge is -2.20. The van der Waals surface area contributed by atoms with E-state index in [1.165, 1.54) is 0 Å². The van der Waals surface area contributed by atoms with Gasteiger partial charge in [-0.1, -0.05) is 32.4 Å². The Morgan fingerprint density at radius 3 is 2.50 bits per heavy atom. The van der Waals surface area contributed by atoms with Crippen molar-refractivity contribution in [2.24, 2.45) is 5.92 Å². The molecule has 0 aliphatic carbocycles. The van der Waals surface area contributed by atoms with E-state index in [0.717, 1.165) is 17.1 Å².